The molecule has 0 unspecified atom stereocenters. The van der Waals surface area contributed by atoms with Crippen LogP contribution in [0.3, 0.4) is 0 Å². The number of alkyl halides is 3. The predicted octanol–water partition coefficient (Wildman–Crippen LogP) is 2.91. The maximum absolute atomic E-state index is 12.6. The van der Waals surface area contributed by atoms with E-state index in [0.717, 1.165) is 25.0 Å². The zero-order chi connectivity index (χ0) is 15.7. The van der Waals surface area contributed by atoms with E-state index in [1.807, 2.05) is 0 Å². The van der Waals surface area contributed by atoms with Gasteiger partial charge in [-0.25, -0.2) is 4.79 Å². The van der Waals surface area contributed by atoms with Gasteiger partial charge in [0, 0.05) is 17.6 Å². The number of aliphatic hydroxyl groups is 1. The second-order valence-corrected chi connectivity index (χ2v) is 5.49. The Hall–Kier alpha value is -1.76. The van der Waals surface area contributed by atoms with E-state index in [1.165, 1.54) is 6.07 Å². The van der Waals surface area contributed by atoms with E-state index in [4.69, 9.17) is 5.11 Å². The first-order valence-electron chi connectivity index (χ1n) is 6.59. The van der Waals surface area contributed by atoms with E-state index in [2.05, 4.69) is 10.6 Å². The summed E-state index contributed by atoms with van der Waals surface area (Å²) in [5, 5.41) is 14.1. The van der Waals surface area contributed by atoms with Gasteiger partial charge in [-0.2, -0.15) is 13.2 Å². The summed E-state index contributed by atoms with van der Waals surface area (Å²) >= 11 is 0. The molecule has 1 aliphatic rings. The van der Waals surface area contributed by atoms with Gasteiger partial charge in [0.1, 0.15) is 0 Å². The molecular formula is C14H17F3N2O2. The van der Waals surface area contributed by atoms with Crippen LogP contribution in [0.2, 0.25) is 0 Å². The Morgan fingerprint density at radius 1 is 1.38 bits per heavy atom. The largest absolute Gasteiger partial charge is 0.416 e. The monoisotopic (exact) mass is 302 g/mol. The Morgan fingerprint density at radius 2 is 2.05 bits per heavy atom. The van der Waals surface area contributed by atoms with Gasteiger partial charge in [0.15, 0.2) is 0 Å². The lowest BCUT2D eigenvalue weighted by molar-refractivity contribution is -0.137. The predicted molar refractivity (Wildman–Crippen MR) is 72.0 cm³/mol. The van der Waals surface area contributed by atoms with Crippen molar-refractivity contribution in [3.8, 4) is 0 Å². The molecule has 0 bridgehead atoms. The van der Waals surface area contributed by atoms with Crippen LogP contribution >= 0.6 is 0 Å². The molecule has 1 saturated carbocycles. The minimum atomic E-state index is -4.45. The number of hydrogen-bond donors (Lipinski definition) is 3. The summed E-state index contributed by atoms with van der Waals surface area (Å²) in [5.74, 6) is 0. The van der Waals surface area contributed by atoms with E-state index >= 15 is 0 Å². The molecule has 7 heteroatoms. The summed E-state index contributed by atoms with van der Waals surface area (Å²) in [6.07, 6.45) is -2.77. The highest BCUT2D eigenvalue weighted by Crippen LogP contribution is 2.44. The standard InChI is InChI=1S/C14H17F3N2O2/c1-9-2-3-10(14(15,16)17)6-11(9)19-12(21)18-7-13(8-20)4-5-13/h2-3,6,20H,4-5,7-8H2,1H3,(H2,18,19,21). The first-order valence-corrected chi connectivity index (χ1v) is 6.59. The Bertz CT molecular complexity index is 540. The van der Waals surface area contributed by atoms with Crippen LogP contribution in [-0.4, -0.2) is 24.3 Å². The number of benzene rings is 1. The Kier molecular flexibility index (Phi) is 4.13. The van der Waals surface area contributed by atoms with Crippen LogP contribution in [0.15, 0.2) is 18.2 Å². The van der Waals surface area contributed by atoms with Crippen molar-refractivity contribution in [3.63, 3.8) is 0 Å². The Morgan fingerprint density at radius 3 is 2.57 bits per heavy atom. The summed E-state index contributed by atoms with van der Waals surface area (Å²) in [6, 6.07) is 2.63. The Balaban J connectivity index is 2.00. The number of aliphatic hydroxyl groups excluding tert-OH is 1. The highest BCUT2D eigenvalue weighted by atomic mass is 19.4. The first kappa shape index (κ1) is 15.6. The van der Waals surface area contributed by atoms with Crippen LogP contribution < -0.4 is 10.6 Å². The van der Waals surface area contributed by atoms with Crippen molar-refractivity contribution in [1.29, 1.82) is 0 Å². The number of halogens is 3. The van der Waals surface area contributed by atoms with Gasteiger partial charge in [-0.05, 0) is 37.5 Å². The zero-order valence-electron chi connectivity index (χ0n) is 11.5. The van der Waals surface area contributed by atoms with E-state index in [1.54, 1.807) is 6.92 Å². The minimum absolute atomic E-state index is 0.00410. The summed E-state index contributed by atoms with van der Waals surface area (Å²) in [4.78, 5) is 11.7. The lowest BCUT2D eigenvalue weighted by Gasteiger charge is -2.15. The zero-order valence-corrected chi connectivity index (χ0v) is 11.5. The van der Waals surface area contributed by atoms with Gasteiger partial charge in [0.2, 0.25) is 0 Å². The number of carbonyl (C=O) groups excluding carboxylic acids is 1. The van der Waals surface area contributed by atoms with Gasteiger partial charge in [-0.1, -0.05) is 6.07 Å². The topological polar surface area (TPSA) is 61.4 Å². The molecule has 1 aromatic carbocycles. The summed E-state index contributed by atoms with van der Waals surface area (Å²) < 4.78 is 37.9. The fraction of sp³-hybridized carbons (Fsp3) is 0.500. The smallest absolute Gasteiger partial charge is 0.396 e. The summed E-state index contributed by atoms with van der Waals surface area (Å²) in [5.41, 5.74) is -0.393. The van der Waals surface area contributed by atoms with Crippen molar-refractivity contribution < 1.29 is 23.1 Å². The van der Waals surface area contributed by atoms with E-state index in [-0.39, 0.29) is 17.7 Å². The molecule has 0 radical (unpaired) electrons. The lowest BCUT2D eigenvalue weighted by Crippen LogP contribution is -2.35. The molecule has 0 aromatic heterocycles. The van der Waals surface area contributed by atoms with Crippen LogP contribution in [0.25, 0.3) is 0 Å². The van der Waals surface area contributed by atoms with Gasteiger partial charge in [0.25, 0.3) is 0 Å². The van der Waals surface area contributed by atoms with Crippen molar-refractivity contribution in [1.82, 2.24) is 5.32 Å². The lowest BCUT2D eigenvalue weighted by atomic mass is 10.1. The van der Waals surface area contributed by atoms with Crippen LogP contribution in [0, 0.1) is 12.3 Å². The van der Waals surface area contributed by atoms with E-state index in [0.29, 0.717) is 12.1 Å². The average Bonchev–Trinajstić information content (AvgIpc) is 3.18. The molecule has 4 nitrogen and oxygen atoms in total. The third kappa shape index (κ3) is 3.87. The minimum Gasteiger partial charge on any atom is -0.396 e. The number of carbonyl (C=O) groups is 1. The molecule has 0 heterocycles. The summed E-state index contributed by atoms with van der Waals surface area (Å²) in [6.45, 7) is 1.93. The third-order valence-corrected chi connectivity index (χ3v) is 3.73. The van der Waals surface area contributed by atoms with Crippen molar-refractivity contribution in [2.75, 3.05) is 18.5 Å². The molecule has 0 spiro atoms. The van der Waals surface area contributed by atoms with Crippen LogP contribution in [0.5, 0.6) is 0 Å². The van der Waals surface area contributed by atoms with Crippen molar-refractivity contribution in [2.24, 2.45) is 5.41 Å². The van der Waals surface area contributed by atoms with Crippen molar-refractivity contribution in [3.05, 3.63) is 29.3 Å². The molecular weight excluding hydrogens is 285 g/mol. The molecule has 0 atom stereocenters. The number of amides is 2. The van der Waals surface area contributed by atoms with Gasteiger partial charge < -0.3 is 15.7 Å². The van der Waals surface area contributed by atoms with Gasteiger partial charge in [-0.15, -0.1) is 0 Å². The fourth-order valence-electron chi connectivity index (χ4n) is 1.93. The van der Waals surface area contributed by atoms with E-state index in [9.17, 15) is 18.0 Å². The molecule has 1 aliphatic carbocycles. The van der Waals surface area contributed by atoms with Crippen LogP contribution in [0.1, 0.15) is 24.0 Å². The van der Waals surface area contributed by atoms with Crippen molar-refractivity contribution in [2.45, 2.75) is 25.9 Å². The van der Waals surface area contributed by atoms with Gasteiger partial charge >= 0.3 is 12.2 Å². The van der Waals surface area contributed by atoms with Gasteiger partial charge in [0.05, 0.1) is 12.2 Å². The number of hydrogen-bond acceptors (Lipinski definition) is 2. The molecule has 1 fully saturated rings. The molecule has 2 rings (SSSR count). The molecule has 21 heavy (non-hydrogen) atoms. The SMILES string of the molecule is Cc1ccc(C(F)(F)F)cc1NC(=O)NCC1(CO)CC1. The number of nitrogens with one attached hydrogen (secondary N) is 2. The second-order valence-electron chi connectivity index (χ2n) is 5.49. The van der Waals surface area contributed by atoms with Crippen LogP contribution in [-0.2, 0) is 6.18 Å². The molecule has 1 aromatic rings. The Labute approximate surface area is 120 Å². The van der Waals surface area contributed by atoms with Crippen molar-refractivity contribution >= 4 is 11.7 Å². The molecule has 116 valence electrons. The van der Waals surface area contributed by atoms with Crippen LogP contribution in [0.4, 0.5) is 23.7 Å². The molecule has 0 aliphatic heterocycles. The van der Waals surface area contributed by atoms with Gasteiger partial charge in [-0.3, -0.25) is 0 Å². The maximum Gasteiger partial charge on any atom is 0.416 e. The van der Waals surface area contributed by atoms with E-state index < -0.39 is 17.8 Å². The number of aryl methyl sites for hydroxylation is 1. The maximum atomic E-state index is 12.6. The third-order valence-electron chi connectivity index (χ3n) is 3.73. The normalized spacial score (nSPS) is 16.4. The second kappa shape index (κ2) is 5.55. The number of rotatable bonds is 4. The fourth-order valence-corrected chi connectivity index (χ4v) is 1.93. The number of anilines is 1. The molecule has 2 amide bonds. The first-order chi connectivity index (χ1) is 9.76. The quantitative estimate of drug-likeness (QED) is 0.801. The highest BCUT2D eigenvalue weighted by molar-refractivity contribution is 5.90. The number of urea groups is 1. The molecule has 3 N–H and O–H groups in total. The summed E-state index contributed by atoms with van der Waals surface area (Å²) in [7, 11) is 0. The highest BCUT2D eigenvalue weighted by Gasteiger charge is 2.42. The molecule has 0 saturated heterocycles. The average molecular weight is 302 g/mol.